The lowest BCUT2D eigenvalue weighted by atomic mass is 10.0. The molecule has 3 aromatic carbocycles. The number of nitrogens with zero attached hydrogens (tertiary/aromatic N) is 2. The fourth-order valence-electron chi connectivity index (χ4n) is 5.35. The van der Waals surface area contributed by atoms with Crippen molar-refractivity contribution in [3.8, 4) is 0 Å². The summed E-state index contributed by atoms with van der Waals surface area (Å²) in [6.45, 7) is 5.53. The first-order valence-corrected chi connectivity index (χ1v) is 16.4. The number of anilines is 1. The van der Waals surface area contributed by atoms with Crippen molar-refractivity contribution in [1.29, 1.82) is 0 Å². The molecule has 6 heteroatoms. The van der Waals surface area contributed by atoms with E-state index >= 15 is 0 Å². The van der Waals surface area contributed by atoms with Crippen LogP contribution in [0.25, 0.3) is 42.0 Å². The predicted octanol–water partition coefficient (Wildman–Crippen LogP) is 10.3. The van der Waals surface area contributed by atoms with E-state index in [-0.39, 0.29) is 6.04 Å². The van der Waals surface area contributed by atoms with E-state index in [2.05, 4.69) is 55.6 Å². The van der Waals surface area contributed by atoms with Crippen molar-refractivity contribution in [3.05, 3.63) is 41.4 Å². The molecular weight excluding hydrogens is 505 g/mol. The molecule has 0 saturated carbocycles. The number of fused-ring (bicyclic) bond motifs is 5. The normalized spacial score (nSPS) is 12.8. The van der Waals surface area contributed by atoms with Crippen LogP contribution in [0.2, 0.25) is 0 Å². The Morgan fingerprint density at radius 3 is 1.97 bits per heavy atom. The van der Waals surface area contributed by atoms with Gasteiger partial charge in [-0.05, 0) is 58.7 Å². The molecule has 0 aliphatic heterocycles. The third-order valence-electron chi connectivity index (χ3n) is 7.61. The van der Waals surface area contributed by atoms with Crippen LogP contribution in [0.15, 0.2) is 36.4 Å². The summed E-state index contributed by atoms with van der Waals surface area (Å²) in [5.41, 5.74) is 8.71. The van der Waals surface area contributed by atoms with Crippen molar-refractivity contribution in [2.75, 3.05) is 11.9 Å². The van der Waals surface area contributed by atoms with E-state index in [9.17, 15) is 0 Å². The predicted molar refractivity (Wildman–Crippen MR) is 170 cm³/mol. The van der Waals surface area contributed by atoms with Gasteiger partial charge in [0.1, 0.15) is 5.01 Å². The second-order valence-corrected chi connectivity index (χ2v) is 12.8. The van der Waals surface area contributed by atoms with Crippen LogP contribution in [0.1, 0.15) is 102 Å². The van der Waals surface area contributed by atoms with Gasteiger partial charge in [-0.2, -0.15) is 0 Å². The minimum Gasteiger partial charge on any atom is -0.361 e. The SMILES string of the molecule is CCCCCCCCNc1nc2cc3ccc4cc5nc(C(N)CCCCCCC)sc5cc4c3cc2s1. The van der Waals surface area contributed by atoms with Gasteiger partial charge >= 0.3 is 0 Å². The number of aromatic nitrogens is 2. The summed E-state index contributed by atoms with van der Waals surface area (Å²) < 4.78 is 2.47. The summed E-state index contributed by atoms with van der Waals surface area (Å²) >= 11 is 3.53. The van der Waals surface area contributed by atoms with E-state index in [0.717, 1.165) is 34.1 Å². The second kappa shape index (κ2) is 13.2. The summed E-state index contributed by atoms with van der Waals surface area (Å²) in [6, 6.07) is 13.6. The first-order valence-electron chi connectivity index (χ1n) is 14.7. The number of rotatable bonds is 15. The summed E-state index contributed by atoms with van der Waals surface area (Å²) in [5, 5.41) is 10.7. The lowest BCUT2D eigenvalue weighted by Gasteiger charge is -2.07. The number of hydrogen-bond donors (Lipinski definition) is 2. The Kier molecular flexibility index (Phi) is 9.47. The highest BCUT2D eigenvalue weighted by molar-refractivity contribution is 7.22. The van der Waals surface area contributed by atoms with Crippen LogP contribution in [-0.2, 0) is 0 Å². The van der Waals surface area contributed by atoms with Crippen LogP contribution in [0.5, 0.6) is 0 Å². The molecule has 4 nitrogen and oxygen atoms in total. The molecule has 202 valence electrons. The Labute approximate surface area is 235 Å². The monoisotopic (exact) mass is 546 g/mol. The van der Waals surface area contributed by atoms with Crippen molar-refractivity contribution in [1.82, 2.24) is 9.97 Å². The Morgan fingerprint density at radius 2 is 1.29 bits per heavy atom. The topological polar surface area (TPSA) is 63.8 Å². The van der Waals surface area contributed by atoms with Crippen molar-refractivity contribution in [3.63, 3.8) is 0 Å². The van der Waals surface area contributed by atoms with E-state index in [4.69, 9.17) is 15.7 Å². The maximum atomic E-state index is 6.56. The summed E-state index contributed by atoms with van der Waals surface area (Å²) in [5.74, 6) is 0. The molecule has 0 bridgehead atoms. The van der Waals surface area contributed by atoms with E-state index in [1.165, 1.54) is 102 Å². The van der Waals surface area contributed by atoms with Gasteiger partial charge in [-0.1, -0.05) is 102 Å². The Balaban J connectivity index is 1.33. The third-order valence-corrected chi connectivity index (χ3v) is 9.74. The smallest absolute Gasteiger partial charge is 0.183 e. The van der Waals surface area contributed by atoms with E-state index in [0.29, 0.717) is 0 Å². The molecule has 0 aliphatic rings. The van der Waals surface area contributed by atoms with Crippen molar-refractivity contribution >= 4 is 69.8 Å². The molecule has 0 fully saturated rings. The van der Waals surface area contributed by atoms with Crippen LogP contribution in [0, 0.1) is 0 Å². The van der Waals surface area contributed by atoms with Crippen molar-refractivity contribution in [2.24, 2.45) is 5.73 Å². The highest BCUT2D eigenvalue weighted by atomic mass is 32.1. The van der Waals surface area contributed by atoms with Gasteiger partial charge in [-0.3, -0.25) is 0 Å². The number of benzene rings is 3. The van der Waals surface area contributed by atoms with Gasteiger partial charge in [-0.25, -0.2) is 9.97 Å². The fourth-order valence-corrected chi connectivity index (χ4v) is 7.28. The molecule has 1 unspecified atom stereocenters. The molecular formula is C32H42N4S2. The van der Waals surface area contributed by atoms with Crippen LogP contribution in [-0.4, -0.2) is 16.5 Å². The molecule has 0 saturated heterocycles. The summed E-state index contributed by atoms with van der Waals surface area (Å²) in [4.78, 5) is 9.83. The minimum absolute atomic E-state index is 0.0352. The maximum absolute atomic E-state index is 6.56. The van der Waals surface area contributed by atoms with Crippen LogP contribution in [0.4, 0.5) is 5.13 Å². The van der Waals surface area contributed by atoms with Gasteiger partial charge < -0.3 is 11.1 Å². The second-order valence-electron chi connectivity index (χ2n) is 10.7. The molecule has 5 rings (SSSR count). The molecule has 2 aromatic heterocycles. The zero-order valence-corrected chi connectivity index (χ0v) is 24.7. The Bertz CT molecular complexity index is 1490. The van der Waals surface area contributed by atoms with Crippen LogP contribution < -0.4 is 11.1 Å². The minimum atomic E-state index is 0.0352. The molecule has 0 spiro atoms. The van der Waals surface area contributed by atoms with Crippen LogP contribution >= 0.6 is 22.7 Å². The van der Waals surface area contributed by atoms with Gasteiger partial charge in [0.2, 0.25) is 0 Å². The lowest BCUT2D eigenvalue weighted by Crippen LogP contribution is -2.09. The highest BCUT2D eigenvalue weighted by Gasteiger charge is 2.14. The molecule has 5 aromatic rings. The lowest BCUT2D eigenvalue weighted by molar-refractivity contribution is 0.554. The fraction of sp³-hybridized carbons (Fsp3) is 0.500. The van der Waals surface area contributed by atoms with Gasteiger partial charge in [0.05, 0.1) is 26.5 Å². The molecule has 1 atom stereocenters. The maximum Gasteiger partial charge on any atom is 0.183 e. The van der Waals surface area contributed by atoms with Gasteiger partial charge in [0.15, 0.2) is 5.13 Å². The average molecular weight is 547 g/mol. The molecule has 2 heterocycles. The van der Waals surface area contributed by atoms with Crippen molar-refractivity contribution in [2.45, 2.75) is 96.9 Å². The number of unbranched alkanes of at least 4 members (excludes halogenated alkanes) is 9. The molecule has 0 radical (unpaired) electrons. The third kappa shape index (κ3) is 6.47. The quantitative estimate of drug-likeness (QED) is 0.101. The van der Waals surface area contributed by atoms with Gasteiger partial charge in [0.25, 0.3) is 0 Å². The van der Waals surface area contributed by atoms with E-state index in [1.807, 2.05) is 0 Å². The van der Waals surface area contributed by atoms with Crippen molar-refractivity contribution < 1.29 is 0 Å². The Morgan fingerprint density at radius 1 is 0.711 bits per heavy atom. The first-order chi connectivity index (χ1) is 18.7. The molecule has 0 aliphatic carbocycles. The summed E-state index contributed by atoms with van der Waals surface area (Å²) in [7, 11) is 0. The molecule has 0 amide bonds. The number of thiazole rings is 2. The number of nitrogens with two attached hydrogens (primary N) is 1. The first kappa shape index (κ1) is 27.3. The standard InChI is InChI=1S/C32H42N4S2/c1-3-5-7-9-11-13-17-34-32-36-28-19-23-16-15-22-18-27-29(20-24(22)25(23)21-30(28)38-32)37-31(35-27)26(33)14-12-10-8-6-4-2/h15-16,18-21,26H,3-14,17,33H2,1-2H3,(H,34,36). The highest BCUT2D eigenvalue weighted by Crippen LogP contribution is 2.37. The Hall–Kier alpha value is -2.28. The molecule has 3 N–H and O–H groups in total. The number of hydrogen-bond acceptors (Lipinski definition) is 6. The van der Waals surface area contributed by atoms with E-state index < -0.39 is 0 Å². The largest absolute Gasteiger partial charge is 0.361 e. The molecule has 38 heavy (non-hydrogen) atoms. The zero-order chi connectivity index (χ0) is 26.3. The number of nitrogens with one attached hydrogen (secondary N) is 1. The zero-order valence-electron chi connectivity index (χ0n) is 23.0. The van der Waals surface area contributed by atoms with Gasteiger partial charge in [-0.15, -0.1) is 11.3 Å². The van der Waals surface area contributed by atoms with Crippen LogP contribution in [0.3, 0.4) is 0 Å². The van der Waals surface area contributed by atoms with Gasteiger partial charge in [0, 0.05) is 6.54 Å². The summed E-state index contributed by atoms with van der Waals surface area (Å²) in [6.07, 6.45) is 15.2. The average Bonchev–Trinajstić information content (AvgIpc) is 3.53. The van der Waals surface area contributed by atoms with E-state index in [1.54, 1.807) is 22.7 Å².